The van der Waals surface area contributed by atoms with E-state index in [4.69, 9.17) is 20.8 Å². The van der Waals surface area contributed by atoms with E-state index in [0.717, 1.165) is 47.9 Å². The maximum absolute atomic E-state index is 12.4. The molecule has 0 radical (unpaired) electrons. The summed E-state index contributed by atoms with van der Waals surface area (Å²) in [6.45, 7) is 2.04. The van der Waals surface area contributed by atoms with Crippen LogP contribution >= 0.6 is 11.6 Å². The molecular formula is C20H18ClN2O3+. The Balaban J connectivity index is 1.61. The van der Waals surface area contributed by atoms with Gasteiger partial charge in [-0.1, -0.05) is 11.6 Å². The molecule has 3 aromatic rings. The van der Waals surface area contributed by atoms with E-state index in [-0.39, 0.29) is 5.63 Å². The van der Waals surface area contributed by atoms with Crippen molar-refractivity contribution >= 4 is 22.6 Å². The second-order valence-electron chi connectivity index (χ2n) is 6.99. The van der Waals surface area contributed by atoms with Crippen LogP contribution in [0.1, 0.15) is 28.7 Å². The summed E-state index contributed by atoms with van der Waals surface area (Å²) in [5, 5.41) is 1.56. The first-order chi connectivity index (χ1) is 12.7. The van der Waals surface area contributed by atoms with Gasteiger partial charge < -0.3 is 9.15 Å². The van der Waals surface area contributed by atoms with E-state index in [2.05, 4.69) is 4.98 Å². The van der Waals surface area contributed by atoms with Crippen LogP contribution < -0.4 is 15.3 Å². The molecule has 2 aromatic heterocycles. The van der Waals surface area contributed by atoms with Crippen molar-refractivity contribution in [2.24, 2.45) is 0 Å². The van der Waals surface area contributed by atoms with Gasteiger partial charge in [-0.25, -0.2) is 4.79 Å². The Kier molecular flexibility index (Phi) is 3.72. The van der Waals surface area contributed by atoms with Gasteiger partial charge in [0.15, 0.2) is 11.3 Å². The maximum atomic E-state index is 12.4. The van der Waals surface area contributed by atoms with Gasteiger partial charge in [-0.2, -0.15) is 0 Å². The van der Waals surface area contributed by atoms with Gasteiger partial charge in [0.2, 0.25) is 6.73 Å². The lowest BCUT2D eigenvalue weighted by atomic mass is 10.0. The molecular weight excluding hydrogens is 352 g/mol. The van der Waals surface area contributed by atoms with E-state index in [0.29, 0.717) is 29.6 Å². The number of hydrogen-bond donors (Lipinski definition) is 1. The standard InChI is InChI=1S/C20H17ClN2O3/c21-17-8-15-13-2-1-3-14(13)20(24)26-18(15)16-10-23(11-25-19(16)17)9-12-4-6-22-7-5-12/h4-8H,1-3,9-11H2/p+1. The number of hydrogen-bond acceptors (Lipinski definition) is 4. The second-order valence-corrected chi connectivity index (χ2v) is 7.40. The Morgan fingerprint density at radius 2 is 1.96 bits per heavy atom. The number of ether oxygens (including phenoxy) is 1. The number of halogens is 1. The zero-order chi connectivity index (χ0) is 17.7. The zero-order valence-corrected chi connectivity index (χ0v) is 14.9. The van der Waals surface area contributed by atoms with Crippen LogP contribution in [0.2, 0.25) is 5.02 Å². The predicted octanol–water partition coefficient (Wildman–Crippen LogP) is 2.27. The highest BCUT2D eigenvalue weighted by atomic mass is 35.5. The molecule has 0 spiro atoms. The Labute approximate surface area is 155 Å². The molecule has 6 heteroatoms. The molecule has 3 heterocycles. The molecule has 132 valence electrons. The molecule has 0 saturated heterocycles. The highest BCUT2D eigenvalue weighted by Gasteiger charge is 2.29. The van der Waals surface area contributed by atoms with Gasteiger partial charge >= 0.3 is 5.63 Å². The van der Waals surface area contributed by atoms with Crippen LogP contribution in [0, 0.1) is 0 Å². The molecule has 1 aromatic carbocycles. The highest BCUT2D eigenvalue weighted by Crippen LogP contribution is 2.39. The Bertz CT molecular complexity index is 1060. The Hall–Kier alpha value is -2.37. The zero-order valence-electron chi connectivity index (χ0n) is 14.2. The summed E-state index contributed by atoms with van der Waals surface area (Å²) in [5.74, 6) is 0.652. The summed E-state index contributed by atoms with van der Waals surface area (Å²) < 4.78 is 11.7. The molecule has 5 rings (SSSR count). The third kappa shape index (κ3) is 2.50. The number of nitrogens with zero attached hydrogens (tertiary/aromatic N) is 1. The topological polar surface area (TPSA) is 56.8 Å². The van der Waals surface area contributed by atoms with Crippen LogP contribution in [0.15, 0.2) is 39.8 Å². The molecule has 0 amide bonds. The normalized spacial score (nSPS) is 18.4. The first-order valence-electron chi connectivity index (χ1n) is 8.86. The van der Waals surface area contributed by atoms with Gasteiger partial charge in [0.25, 0.3) is 0 Å². The summed E-state index contributed by atoms with van der Waals surface area (Å²) in [6.07, 6.45) is 6.27. The van der Waals surface area contributed by atoms with Gasteiger partial charge in [-0.15, -0.1) is 0 Å². The summed E-state index contributed by atoms with van der Waals surface area (Å²) in [4.78, 5) is 17.7. The van der Waals surface area contributed by atoms with Crippen LogP contribution in [0.25, 0.3) is 11.0 Å². The van der Waals surface area contributed by atoms with Crippen molar-refractivity contribution in [1.82, 2.24) is 4.98 Å². The van der Waals surface area contributed by atoms with Gasteiger partial charge in [-0.3, -0.25) is 9.88 Å². The number of fused-ring (bicyclic) bond motifs is 5. The molecule has 1 aliphatic heterocycles. The fourth-order valence-corrected chi connectivity index (χ4v) is 4.40. The molecule has 0 fully saturated rings. The highest BCUT2D eigenvalue weighted by molar-refractivity contribution is 6.33. The molecule has 0 saturated carbocycles. The molecule has 5 nitrogen and oxygen atoms in total. The van der Waals surface area contributed by atoms with E-state index in [9.17, 15) is 4.79 Å². The SMILES string of the molecule is O=c1oc2c3c(c(Cl)cc2c2c1CCC2)OC[NH+](Cc1ccncc1)C3. The average Bonchev–Trinajstić information content (AvgIpc) is 3.15. The van der Waals surface area contributed by atoms with Crippen molar-refractivity contribution in [3.63, 3.8) is 0 Å². The molecule has 26 heavy (non-hydrogen) atoms. The second kappa shape index (κ2) is 6.11. The summed E-state index contributed by atoms with van der Waals surface area (Å²) in [6, 6.07) is 5.91. The summed E-state index contributed by atoms with van der Waals surface area (Å²) in [5.41, 5.74) is 4.43. The average molecular weight is 370 g/mol. The fraction of sp³-hybridized carbons (Fsp3) is 0.300. The number of nitrogens with one attached hydrogen (secondary N) is 1. The third-order valence-electron chi connectivity index (χ3n) is 5.32. The quantitative estimate of drug-likeness (QED) is 0.704. The number of aromatic nitrogens is 1. The van der Waals surface area contributed by atoms with Crippen LogP contribution in [0.5, 0.6) is 5.75 Å². The molecule has 1 N–H and O–H groups in total. The minimum Gasteiger partial charge on any atom is -0.443 e. The van der Waals surface area contributed by atoms with E-state index >= 15 is 0 Å². The first-order valence-corrected chi connectivity index (χ1v) is 9.23. The van der Waals surface area contributed by atoms with Crippen LogP contribution in [-0.2, 0) is 25.9 Å². The van der Waals surface area contributed by atoms with Crippen molar-refractivity contribution in [2.75, 3.05) is 6.73 Å². The fourth-order valence-electron chi connectivity index (χ4n) is 4.12. The lowest BCUT2D eigenvalue weighted by Crippen LogP contribution is -3.10. The molecule has 2 aliphatic rings. The van der Waals surface area contributed by atoms with E-state index in [1.165, 1.54) is 10.5 Å². The van der Waals surface area contributed by atoms with E-state index in [1.54, 1.807) is 12.4 Å². The van der Waals surface area contributed by atoms with Gasteiger partial charge in [-0.05, 0) is 43.0 Å². The lowest BCUT2D eigenvalue weighted by molar-refractivity contribution is -0.945. The number of benzene rings is 1. The number of aryl methyl sites for hydroxylation is 1. The van der Waals surface area contributed by atoms with Crippen LogP contribution in [-0.4, -0.2) is 11.7 Å². The van der Waals surface area contributed by atoms with E-state index in [1.807, 2.05) is 18.2 Å². The van der Waals surface area contributed by atoms with Crippen molar-refractivity contribution in [3.8, 4) is 5.75 Å². The smallest absolute Gasteiger partial charge is 0.339 e. The first kappa shape index (κ1) is 15.9. The number of rotatable bonds is 2. The van der Waals surface area contributed by atoms with Crippen LogP contribution in [0.3, 0.4) is 0 Å². The van der Waals surface area contributed by atoms with Gasteiger partial charge in [0, 0.05) is 28.9 Å². The minimum atomic E-state index is -0.212. The van der Waals surface area contributed by atoms with Crippen LogP contribution in [0.4, 0.5) is 0 Å². The monoisotopic (exact) mass is 369 g/mol. The number of pyridine rings is 1. The molecule has 0 bridgehead atoms. The van der Waals surface area contributed by atoms with Gasteiger partial charge in [0.1, 0.15) is 13.1 Å². The van der Waals surface area contributed by atoms with Crippen molar-refractivity contribution < 1.29 is 14.1 Å². The van der Waals surface area contributed by atoms with Crippen molar-refractivity contribution in [3.05, 3.63) is 68.3 Å². The van der Waals surface area contributed by atoms with Gasteiger partial charge in [0.05, 0.1) is 10.6 Å². The Morgan fingerprint density at radius 3 is 2.81 bits per heavy atom. The summed E-state index contributed by atoms with van der Waals surface area (Å²) >= 11 is 6.51. The van der Waals surface area contributed by atoms with E-state index < -0.39 is 0 Å². The lowest BCUT2D eigenvalue weighted by Gasteiger charge is -2.27. The number of quaternary nitrogens is 1. The third-order valence-corrected chi connectivity index (χ3v) is 5.60. The van der Waals surface area contributed by atoms with Crippen molar-refractivity contribution in [1.29, 1.82) is 0 Å². The minimum absolute atomic E-state index is 0.212. The molecule has 1 aliphatic carbocycles. The molecule has 1 unspecified atom stereocenters. The van der Waals surface area contributed by atoms with Crippen molar-refractivity contribution in [2.45, 2.75) is 32.4 Å². The summed E-state index contributed by atoms with van der Waals surface area (Å²) in [7, 11) is 0. The largest absolute Gasteiger partial charge is 0.443 e. The maximum Gasteiger partial charge on any atom is 0.339 e. The Morgan fingerprint density at radius 1 is 1.15 bits per heavy atom. The predicted molar refractivity (Wildman–Crippen MR) is 97.6 cm³/mol. The molecule has 1 atom stereocenters.